The summed E-state index contributed by atoms with van der Waals surface area (Å²) in [6.45, 7) is 3.84. The Bertz CT molecular complexity index is 319. The highest BCUT2D eigenvalue weighted by Crippen LogP contribution is 2.18. The van der Waals surface area contributed by atoms with Crippen LogP contribution in [0.15, 0.2) is 18.2 Å². The first-order valence-corrected chi connectivity index (χ1v) is 5.33. The molecule has 0 atom stereocenters. The van der Waals surface area contributed by atoms with Gasteiger partial charge in [0, 0.05) is 18.7 Å². The maximum Gasteiger partial charge on any atom is 0.146 e. The Morgan fingerprint density at radius 2 is 2.20 bits per heavy atom. The lowest BCUT2D eigenvalue weighted by molar-refractivity contribution is 0.195. The molecule has 0 saturated heterocycles. The summed E-state index contributed by atoms with van der Waals surface area (Å²) in [5, 5.41) is 8.95. The third kappa shape index (κ3) is 3.45. The fourth-order valence-electron chi connectivity index (χ4n) is 1.40. The SMILES string of the molecule is CCN(CCO)Cc1cccc(Cl)c1F. The molecule has 0 heterocycles. The van der Waals surface area contributed by atoms with Crippen LogP contribution in [0.4, 0.5) is 4.39 Å². The summed E-state index contributed by atoms with van der Waals surface area (Å²) in [4.78, 5) is 1.95. The predicted molar refractivity (Wildman–Crippen MR) is 59.4 cm³/mol. The molecule has 0 aromatic heterocycles. The van der Waals surface area contributed by atoms with Crippen molar-refractivity contribution in [3.63, 3.8) is 0 Å². The molecule has 0 bridgehead atoms. The van der Waals surface area contributed by atoms with Gasteiger partial charge in [0.25, 0.3) is 0 Å². The van der Waals surface area contributed by atoms with E-state index in [1.165, 1.54) is 6.07 Å². The molecule has 4 heteroatoms. The molecule has 2 nitrogen and oxygen atoms in total. The monoisotopic (exact) mass is 231 g/mol. The molecule has 0 amide bonds. The molecular weight excluding hydrogens is 217 g/mol. The second kappa shape index (κ2) is 6.05. The van der Waals surface area contributed by atoms with Gasteiger partial charge in [-0.1, -0.05) is 30.7 Å². The van der Waals surface area contributed by atoms with Crippen LogP contribution in [0.5, 0.6) is 0 Å². The van der Waals surface area contributed by atoms with Gasteiger partial charge in [0.15, 0.2) is 0 Å². The van der Waals surface area contributed by atoms with E-state index >= 15 is 0 Å². The highest BCUT2D eigenvalue weighted by molar-refractivity contribution is 6.30. The number of aliphatic hydroxyl groups is 1. The number of likely N-dealkylation sites (N-methyl/N-ethyl adjacent to an activating group) is 1. The Kier molecular flexibility index (Phi) is 5.02. The number of rotatable bonds is 5. The van der Waals surface area contributed by atoms with E-state index in [0.29, 0.717) is 18.7 Å². The Balaban J connectivity index is 2.74. The van der Waals surface area contributed by atoms with Gasteiger partial charge in [-0.2, -0.15) is 0 Å². The molecule has 0 fully saturated rings. The molecule has 0 aliphatic rings. The lowest BCUT2D eigenvalue weighted by Crippen LogP contribution is -2.26. The summed E-state index contributed by atoms with van der Waals surface area (Å²) in [6.07, 6.45) is 0. The van der Waals surface area contributed by atoms with Crippen LogP contribution in [0, 0.1) is 5.82 Å². The third-order valence-electron chi connectivity index (χ3n) is 2.29. The van der Waals surface area contributed by atoms with E-state index in [2.05, 4.69) is 0 Å². The van der Waals surface area contributed by atoms with Gasteiger partial charge in [0.05, 0.1) is 11.6 Å². The van der Waals surface area contributed by atoms with Crippen molar-refractivity contribution in [2.24, 2.45) is 0 Å². The van der Waals surface area contributed by atoms with Gasteiger partial charge in [-0.25, -0.2) is 4.39 Å². The largest absolute Gasteiger partial charge is 0.395 e. The van der Waals surface area contributed by atoms with Gasteiger partial charge in [-0.3, -0.25) is 4.90 Å². The van der Waals surface area contributed by atoms with Crippen molar-refractivity contribution in [3.8, 4) is 0 Å². The summed E-state index contributed by atoms with van der Waals surface area (Å²) in [5.41, 5.74) is 0.567. The summed E-state index contributed by atoms with van der Waals surface area (Å²) in [6, 6.07) is 4.97. The van der Waals surface area contributed by atoms with Crippen molar-refractivity contribution >= 4 is 11.6 Å². The molecule has 0 aliphatic heterocycles. The number of nitrogens with zero attached hydrogens (tertiary/aromatic N) is 1. The number of halogens is 2. The molecule has 15 heavy (non-hydrogen) atoms. The van der Waals surface area contributed by atoms with Crippen molar-refractivity contribution < 1.29 is 9.50 Å². The number of benzene rings is 1. The first-order chi connectivity index (χ1) is 7.19. The lowest BCUT2D eigenvalue weighted by atomic mass is 10.2. The van der Waals surface area contributed by atoms with Crippen molar-refractivity contribution in [3.05, 3.63) is 34.6 Å². The highest BCUT2D eigenvalue weighted by atomic mass is 35.5. The smallest absolute Gasteiger partial charge is 0.146 e. The fraction of sp³-hybridized carbons (Fsp3) is 0.455. The molecule has 1 aromatic rings. The second-order valence-corrected chi connectivity index (χ2v) is 3.71. The van der Waals surface area contributed by atoms with Crippen LogP contribution in [0.3, 0.4) is 0 Å². The minimum absolute atomic E-state index is 0.0794. The first kappa shape index (κ1) is 12.4. The second-order valence-electron chi connectivity index (χ2n) is 3.31. The summed E-state index contributed by atoms with van der Waals surface area (Å²) in [7, 11) is 0. The van der Waals surface area contributed by atoms with Crippen LogP contribution in [0.1, 0.15) is 12.5 Å². The van der Waals surface area contributed by atoms with Crippen molar-refractivity contribution in [2.45, 2.75) is 13.5 Å². The molecule has 0 aliphatic carbocycles. The number of aliphatic hydroxyl groups excluding tert-OH is 1. The molecule has 1 N–H and O–H groups in total. The number of hydrogen-bond donors (Lipinski definition) is 1. The maximum atomic E-state index is 13.5. The van der Waals surface area contributed by atoms with Crippen molar-refractivity contribution in [1.82, 2.24) is 4.90 Å². The van der Waals surface area contributed by atoms with Crippen LogP contribution < -0.4 is 0 Å². The Labute approximate surface area is 94.3 Å². The maximum absolute atomic E-state index is 13.5. The van der Waals surface area contributed by atoms with Gasteiger partial charge in [0.1, 0.15) is 5.82 Å². The van der Waals surface area contributed by atoms with E-state index in [0.717, 1.165) is 6.54 Å². The topological polar surface area (TPSA) is 23.5 Å². The molecule has 0 unspecified atom stereocenters. The summed E-state index contributed by atoms with van der Waals surface area (Å²) >= 11 is 5.67. The normalized spacial score (nSPS) is 11.0. The molecule has 1 aromatic carbocycles. The van der Waals surface area contributed by atoms with E-state index in [9.17, 15) is 4.39 Å². The Morgan fingerprint density at radius 3 is 2.80 bits per heavy atom. The molecule has 0 radical (unpaired) electrons. The van der Waals surface area contributed by atoms with E-state index in [-0.39, 0.29) is 17.4 Å². The van der Waals surface area contributed by atoms with Gasteiger partial charge in [-0.05, 0) is 12.6 Å². The van der Waals surface area contributed by atoms with E-state index in [1.807, 2.05) is 11.8 Å². The minimum Gasteiger partial charge on any atom is -0.395 e. The van der Waals surface area contributed by atoms with Gasteiger partial charge in [0.2, 0.25) is 0 Å². The summed E-state index contributed by atoms with van der Waals surface area (Å²) < 4.78 is 13.5. The zero-order valence-corrected chi connectivity index (χ0v) is 9.47. The van der Waals surface area contributed by atoms with Gasteiger partial charge >= 0.3 is 0 Å². The van der Waals surface area contributed by atoms with Crippen molar-refractivity contribution in [2.75, 3.05) is 19.7 Å². The molecule has 1 rings (SSSR count). The van der Waals surface area contributed by atoms with Crippen LogP contribution >= 0.6 is 11.6 Å². The van der Waals surface area contributed by atoms with E-state index < -0.39 is 0 Å². The molecule has 0 saturated carbocycles. The Hall–Kier alpha value is -0.640. The zero-order chi connectivity index (χ0) is 11.3. The van der Waals surface area contributed by atoms with Gasteiger partial charge < -0.3 is 5.11 Å². The lowest BCUT2D eigenvalue weighted by Gasteiger charge is -2.19. The summed E-state index contributed by atoms with van der Waals surface area (Å²) in [5.74, 6) is -0.365. The average Bonchev–Trinajstić information content (AvgIpc) is 2.24. The molecule has 84 valence electrons. The zero-order valence-electron chi connectivity index (χ0n) is 8.71. The molecular formula is C11H15ClFNO. The highest BCUT2D eigenvalue weighted by Gasteiger charge is 2.09. The van der Waals surface area contributed by atoms with Crippen molar-refractivity contribution in [1.29, 1.82) is 0 Å². The third-order valence-corrected chi connectivity index (χ3v) is 2.58. The van der Waals surface area contributed by atoms with Crippen LogP contribution in [-0.2, 0) is 6.54 Å². The van der Waals surface area contributed by atoms with Crippen LogP contribution in [0.25, 0.3) is 0 Å². The van der Waals surface area contributed by atoms with E-state index in [4.69, 9.17) is 16.7 Å². The van der Waals surface area contributed by atoms with Crippen LogP contribution in [-0.4, -0.2) is 29.7 Å². The Morgan fingerprint density at radius 1 is 1.47 bits per heavy atom. The quantitative estimate of drug-likeness (QED) is 0.841. The minimum atomic E-state index is -0.365. The predicted octanol–water partition coefficient (Wildman–Crippen LogP) is 2.29. The number of hydrogen-bond acceptors (Lipinski definition) is 2. The fourth-order valence-corrected chi connectivity index (χ4v) is 1.60. The average molecular weight is 232 g/mol. The van der Waals surface area contributed by atoms with E-state index in [1.54, 1.807) is 12.1 Å². The standard InChI is InChI=1S/C11H15ClFNO/c1-2-14(6-7-15)8-9-4-3-5-10(12)11(9)13/h3-5,15H,2,6-8H2,1H3. The first-order valence-electron chi connectivity index (χ1n) is 4.95. The van der Waals surface area contributed by atoms with Crippen LogP contribution in [0.2, 0.25) is 5.02 Å². The van der Waals surface area contributed by atoms with Gasteiger partial charge in [-0.15, -0.1) is 0 Å². The molecule has 0 spiro atoms.